The highest BCUT2D eigenvalue weighted by Crippen LogP contribution is 2.29. The SMILES string of the molecule is CCNC(=O)[C@H]1CC[C@@H](N(C)C(=O)OC(C)(C)C)C1. The van der Waals surface area contributed by atoms with E-state index in [1.165, 1.54) is 0 Å². The Kier molecular flexibility index (Phi) is 5.20. The number of rotatable bonds is 3. The highest BCUT2D eigenvalue weighted by Gasteiger charge is 2.34. The van der Waals surface area contributed by atoms with Crippen molar-refractivity contribution in [2.75, 3.05) is 13.6 Å². The number of hydrogen-bond donors (Lipinski definition) is 1. The lowest BCUT2D eigenvalue weighted by Crippen LogP contribution is -2.40. The number of nitrogens with one attached hydrogen (secondary N) is 1. The van der Waals surface area contributed by atoms with Crippen LogP contribution in [0.15, 0.2) is 0 Å². The molecule has 1 N–H and O–H groups in total. The maximum absolute atomic E-state index is 12.0. The summed E-state index contributed by atoms with van der Waals surface area (Å²) in [5, 5.41) is 2.84. The van der Waals surface area contributed by atoms with Gasteiger partial charge in [-0.3, -0.25) is 4.79 Å². The van der Waals surface area contributed by atoms with Crippen molar-refractivity contribution in [3.8, 4) is 0 Å². The van der Waals surface area contributed by atoms with Crippen LogP contribution >= 0.6 is 0 Å². The first-order chi connectivity index (χ1) is 8.74. The minimum Gasteiger partial charge on any atom is -0.444 e. The summed E-state index contributed by atoms with van der Waals surface area (Å²) in [4.78, 5) is 25.3. The first kappa shape index (κ1) is 15.8. The highest BCUT2D eigenvalue weighted by atomic mass is 16.6. The van der Waals surface area contributed by atoms with Gasteiger partial charge in [-0.05, 0) is 47.0 Å². The molecule has 1 aliphatic carbocycles. The molecule has 1 aliphatic rings. The molecule has 2 atom stereocenters. The number of ether oxygens (including phenoxy) is 1. The van der Waals surface area contributed by atoms with E-state index in [1.54, 1.807) is 11.9 Å². The van der Waals surface area contributed by atoms with Crippen LogP contribution in [0.25, 0.3) is 0 Å². The number of amides is 2. The third-order valence-electron chi connectivity index (χ3n) is 3.36. The fourth-order valence-electron chi connectivity index (χ4n) is 2.35. The standard InChI is InChI=1S/C14H26N2O3/c1-6-15-12(17)10-7-8-11(9-10)16(5)13(18)19-14(2,3)4/h10-11H,6-9H2,1-5H3,(H,15,17)/t10-,11+/m0/s1. The summed E-state index contributed by atoms with van der Waals surface area (Å²) in [5.74, 6) is 0.123. The quantitative estimate of drug-likeness (QED) is 0.855. The van der Waals surface area contributed by atoms with Crippen LogP contribution in [0.2, 0.25) is 0 Å². The molecule has 2 amide bonds. The molecule has 0 bridgehead atoms. The maximum Gasteiger partial charge on any atom is 0.410 e. The largest absolute Gasteiger partial charge is 0.444 e. The van der Waals surface area contributed by atoms with Crippen LogP contribution in [0.4, 0.5) is 4.79 Å². The van der Waals surface area contributed by atoms with Crippen molar-refractivity contribution in [3.63, 3.8) is 0 Å². The van der Waals surface area contributed by atoms with Gasteiger partial charge in [0.2, 0.25) is 5.91 Å². The number of nitrogens with zero attached hydrogens (tertiary/aromatic N) is 1. The molecule has 0 aliphatic heterocycles. The van der Waals surface area contributed by atoms with E-state index in [1.807, 2.05) is 27.7 Å². The van der Waals surface area contributed by atoms with Gasteiger partial charge in [-0.1, -0.05) is 0 Å². The van der Waals surface area contributed by atoms with Crippen LogP contribution < -0.4 is 5.32 Å². The van der Waals surface area contributed by atoms with E-state index in [0.29, 0.717) is 6.54 Å². The minimum absolute atomic E-state index is 0.0230. The smallest absolute Gasteiger partial charge is 0.410 e. The van der Waals surface area contributed by atoms with Crippen molar-refractivity contribution in [2.45, 2.75) is 58.6 Å². The van der Waals surface area contributed by atoms with Gasteiger partial charge in [0.05, 0.1) is 0 Å². The van der Waals surface area contributed by atoms with Gasteiger partial charge in [0.1, 0.15) is 5.60 Å². The van der Waals surface area contributed by atoms with Crippen LogP contribution in [0.5, 0.6) is 0 Å². The Morgan fingerprint density at radius 1 is 1.32 bits per heavy atom. The van der Waals surface area contributed by atoms with Crippen molar-refractivity contribution in [2.24, 2.45) is 5.92 Å². The Balaban J connectivity index is 2.50. The Morgan fingerprint density at radius 2 is 1.95 bits per heavy atom. The summed E-state index contributed by atoms with van der Waals surface area (Å²) in [5.41, 5.74) is -0.483. The first-order valence-electron chi connectivity index (χ1n) is 6.98. The lowest BCUT2D eigenvalue weighted by atomic mass is 10.1. The predicted molar refractivity (Wildman–Crippen MR) is 73.8 cm³/mol. The molecule has 19 heavy (non-hydrogen) atoms. The van der Waals surface area contributed by atoms with Crippen LogP contribution in [0, 0.1) is 5.92 Å². The average Bonchev–Trinajstić information content (AvgIpc) is 2.75. The first-order valence-corrected chi connectivity index (χ1v) is 6.98. The van der Waals surface area contributed by atoms with Crippen molar-refractivity contribution in [3.05, 3.63) is 0 Å². The fourth-order valence-corrected chi connectivity index (χ4v) is 2.35. The topological polar surface area (TPSA) is 58.6 Å². The van der Waals surface area contributed by atoms with E-state index >= 15 is 0 Å². The van der Waals surface area contributed by atoms with Crippen molar-refractivity contribution >= 4 is 12.0 Å². The lowest BCUT2D eigenvalue weighted by Gasteiger charge is -2.28. The Hall–Kier alpha value is -1.26. The van der Waals surface area contributed by atoms with Crippen LogP contribution in [0.3, 0.4) is 0 Å². The summed E-state index contributed by atoms with van der Waals surface area (Å²) in [7, 11) is 1.75. The molecule has 5 heteroatoms. The summed E-state index contributed by atoms with van der Waals surface area (Å²) in [6, 6.07) is 0.0995. The van der Waals surface area contributed by atoms with E-state index in [0.717, 1.165) is 19.3 Å². The predicted octanol–water partition coefficient (Wildman–Crippen LogP) is 2.16. The number of carbonyl (C=O) groups is 2. The molecule has 1 saturated carbocycles. The zero-order valence-electron chi connectivity index (χ0n) is 12.7. The second-order valence-corrected chi connectivity index (χ2v) is 6.15. The molecule has 5 nitrogen and oxygen atoms in total. The van der Waals surface area contributed by atoms with Gasteiger partial charge in [0, 0.05) is 25.6 Å². The Labute approximate surface area is 115 Å². The van der Waals surface area contributed by atoms with Crippen LogP contribution in [-0.2, 0) is 9.53 Å². The van der Waals surface area contributed by atoms with E-state index in [-0.39, 0.29) is 24.0 Å². The third kappa shape index (κ3) is 4.73. The van der Waals surface area contributed by atoms with Crippen molar-refractivity contribution < 1.29 is 14.3 Å². The fraction of sp³-hybridized carbons (Fsp3) is 0.857. The monoisotopic (exact) mass is 270 g/mol. The second-order valence-electron chi connectivity index (χ2n) is 6.15. The summed E-state index contributed by atoms with van der Waals surface area (Å²) in [6.07, 6.45) is 2.11. The lowest BCUT2D eigenvalue weighted by molar-refractivity contribution is -0.124. The molecule has 1 rings (SSSR count). The van der Waals surface area contributed by atoms with Gasteiger partial charge < -0.3 is 15.0 Å². The molecule has 0 heterocycles. The van der Waals surface area contributed by atoms with Crippen molar-refractivity contribution in [1.82, 2.24) is 10.2 Å². The zero-order chi connectivity index (χ0) is 14.6. The van der Waals surface area contributed by atoms with E-state index in [2.05, 4.69) is 5.32 Å². The van der Waals surface area contributed by atoms with E-state index in [4.69, 9.17) is 4.74 Å². The normalized spacial score (nSPS) is 23.0. The Bertz CT molecular complexity index is 336. The number of carbonyl (C=O) groups excluding carboxylic acids is 2. The second kappa shape index (κ2) is 6.26. The molecular formula is C14H26N2O3. The Morgan fingerprint density at radius 3 is 2.47 bits per heavy atom. The molecule has 0 aromatic carbocycles. The molecule has 0 aromatic heterocycles. The van der Waals surface area contributed by atoms with Gasteiger partial charge in [-0.2, -0.15) is 0 Å². The molecule has 0 radical (unpaired) electrons. The van der Waals surface area contributed by atoms with Gasteiger partial charge >= 0.3 is 6.09 Å². The summed E-state index contributed by atoms with van der Waals surface area (Å²) in [6.45, 7) is 8.12. The molecular weight excluding hydrogens is 244 g/mol. The molecule has 0 spiro atoms. The van der Waals surface area contributed by atoms with Gasteiger partial charge in [-0.25, -0.2) is 4.79 Å². The number of hydrogen-bond acceptors (Lipinski definition) is 3. The van der Waals surface area contributed by atoms with Gasteiger partial charge in [0.15, 0.2) is 0 Å². The molecule has 0 unspecified atom stereocenters. The molecule has 0 saturated heterocycles. The van der Waals surface area contributed by atoms with E-state index < -0.39 is 5.60 Å². The maximum atomic E-state index is 12.0. The van der Waals surface area contributed by atoms with Crippen molar-refractivity contribution in [1.29, 1.82) is 0 Å². The zero-order valence-corrected chi connectivity index (χ0v) is 12.7. The molecule has 110 valence electrons. The molecule has 1 fully saturated rings. The minimum atomic E-state index is -0.483. The van der Waals surface area contributed by atoms with E-state index in [9.17, 15) is 9.59 Å². The summed E-state index contributed by atoms with van der Waals surface area (Å²) >= 11 is 0. The third-order valence-corrected chi connectivity index (χ3v) is 3.36. The average molecular weight is 270 g/mol. The van der Waals surface area contributed by atoms with Gasteiger partial charge in [-0.15, -0.1) is 0 Å². The van der Waals surface area contributed by atoms with Crippen LogP contribution in [0.1, 0.15) is 47.0 Å². The van der Waals surface area contributed by atoms with Crippen LogP contribution in [-0.4, -0.2) is 42.1 Å². The summed E-state index contributed by atoms with van der Waals surface area (Å²) < 4.78 is 5.34. The molecule has 0 aromatic rings. The highest BCUT2D eigenvalue weighted by molar-refractivity contribution is 5.79. The van der Waals surface area contributed by atoms with Gasteiger partial charge in [0.25, 0.3) is 0 Å².